The molecule has 1 heterocycles. The van der Waals surface area contributed by atoms with E-state index in [4.69, 9.17) is 9.47 Å². The standard InChI is InChI=1S/C37H60N4O7/c1-6-7-8-9-10-11-15-20-28(25-29-26(2)32(43)34(47-4)35(48-5)33(29)44)36(45)39-24-19-13-12-18-23-38-31(42)22-17-14-16-21-30-27(3)40-37(46)41-30/h25,27,30H,6-24H2,1-5H3,(H,38,42)(H,39,45)(H2,40,41,46)/t27-,30?/m0/s1. The number of Topliss-reactive ketones (excluding diaryl/α,β-unsaturated/α-hetero) is 2. The fourth-order valence-electron chi connectivity index (χ4n) is 6.06. The number of amides is 4. The lowest BCUT2D eigenvalue weighted by atomic mass is 9.90. The molecule has 1 fully saturated rings. The summed E-state index contributed by atoms with van der Waals surface area (Å²) in [6.07, 6.45) is 17.5. The molecule has 270 valence electrons. The summed E-state index contributed by atoms with van der Waals surface area (Å²) in [4.78, 5) is 62.9. The molecule has 2 rings (SSSR count). The zero-order valence-corrected chi connectivity index (χ0v) is 30.0. The van der Waals surface area contributed by atoms with Gasteiger partial charge in [-0.1, -0.05) is 71.1 Å². The zero-order valence-electron chi connectivity index (χ0n) is 30.0. The third kappa shape index (κ3) is 13.8. The molecule has 11 nitrogen and oxygen atoms in total. The predicted molar refractivity (Wildman–Crippen MR) is 187 cm³/mol. The smallest absolute Gasteiger partial charge is 0.315 e. The minimum Gasteiger partial charge on any atom is -0.489 e. The first-order chi connectivity index (χ1) is 23.1. The Morgan fingerprint density at radius 2 is 1.29 bits per heavy atom. The van der Waals surface area contributed by atoms with E-state index in [0.29, 0.717) is 31.5 Å². The van der Waals surface area contributed by atoms with E-state index in [-0.39, 0.29) is 52.6 Å². The van der Waals surface area contributed by atoms with Gasteiger partial charge in [0.15, 0.2) is 0 Å². The van der Waals surface area contributed by atoms with Crippen LogP contribution in [-0.4, -0.2) is 68.8 Å². The minimum atomic E-state index is -0.466. The zero-order chi connectivity index (χ0) is 35.3. The Hall–Kier alpha value is -3.63. The van der Waals surface area contributed by atoms with Crippen LogP contribution in [0.3, 0.4) is 0 Å². The molecule has 0 aromatic heterocycles. The number of hydrogen-bond acceptors (Lipinski definition) is 7. The molecule has 0 spiro atoms. The first-order valence-electron chi connectivity index (χ1n) is 18.1. The van der Waals surface area contributed by atoms with E-state index in [0.717, 1.165) is 70.6 Å². The van der Waals surface area contributed by atoms with Crippen LogP contribution in [0, 0.1) is 0 Å². The van der Waals surface area contributed by atoms with Gasteiger partial charge in [0.1, 0.15) is 0 Å². The highest BCUT2D eigenvalue weighted by Gasteiger charge is 2.34. The van der Waals surface area contributed by atoms with Gasteiger partial charge in [0.25, 0.3) is 0 Å². The molecule has 0 saturated carbocycles. The van der Waals surface area contributed by atoms with Crippen LogP contribution < -0.4 is 21.3 Å². The van der Waals surface area contributed by atoms with E-state index in [1.807, 2.05) is 6.92 Å². The van der Waals surface area contributed by atoms with Crippen LogP contribution in [0.4, 0.5) is 4.79 Å². The van der Waals surface area contributed by atoms with Crippen molar-refractivity contribution < 1.29 is 33.4 Å². The maximum Gasteiger partial charge on any atom is 0.315 e. The Bertz CT molecular complexity index is 1190. The largest absolute Gasteiger partial charge is 0.489 e. The van der Waals surface area contributed by atoms with Crippen molar-refractivity contribution in [2.45, 2.75) is 142 Å². The monoisotopic (exact) mass is 672 g/mol. The van der Waals surface area contributed by atoms with E-state index >= 15 is 0 Å². The second-order valence-corrected chi connectivity index (χ2v) is 12.9. The van der Waals surface area contributed by atoms with Crippen molar-refractivity contribution in [3.05, 3.63) is 34.3 Å². The molecule has 1 saturated heterocycles. The first kappa shape index (κ1) is 40.5. The van der Waals surface area contributed by atoms with Gasteiger partial charge in [0, 0.05) is 42.3 Å². The van der Waals surface area contributed by atoms with Crippen molar-refractivity contribution in [2.75, 3.05) is 27.3 Å². The molecule has 11 heteroatoms. The Morgan fingerprint density at radius 3 is 1.92 bits per heavy atom. The molecule has 48 heavy (non-hydrogen) atoms. The van der Waals surface area contributed by atoms with Crippen LogP contribution in [-0.2, 0) is 28.7 Å². The molecule has 4 N–H and O–H groups in total. The fourth-order valence-corrected chi connectivity index (χ4v) is 6.06. The van der Waals surface area contributed by atoms with Crippen LogP contribution in [0.5, 0.6) is 0 Å². The molecule has 0 bridgehead atoms. The van der Waals surface area contributed by atoms with Crippen LogP contribution in [0.15, 0.2) is 34.3 Å². The number of ketones is 2. The molecule has 4 amide bonds. The average molecular weight is 673 g/mol. The summed E-state index contributed by atoms with van der Waals surface area (Å²) in [6, 6.07) is 0.212. The number of hydrogen-bond donors (Lipinski definition) is 4. The van der Waals surface area contributed by atoms with Gasteiger partial charge in [-0.05, 0) is 58.4 Å². The highest BCUT2D eigenvalue weighted by atomic mass is 16.5. The van der Waals surface area contributed by atoms with Crippen LogP contribution in [0.1, 0.15) is 130 Å². The van der Waals surface area contributed by atoms with Gasteiger partial charge in [-0.2, -0.15) is 0 Å². The van der Waals surface area contributed by atoms with Gasteiger partial charge in [0.05, 0.1) is 20.3 Å². The van der Waals surface area contributed by atoms with Gasteiger partial charge < -0.3 is 30.7 Å². The van der Waals surface area contributed by atoms with Crippen LogP contribution >= 0.6 is 0 Å². The highest BCUT2D eigenvalue weighted by molar-refractivity contribution is 6.24. The van der Waals surface area contributed by atoms with E-state index in [1.54, 1.807) is 13.0 Å². The van der Waals surface area contributed by atoms with Gasteiger partial charge in [-0.25, -0.2) is 4.79 Å². The average Bonchev–Trinajstić information content (AvgIpc) is 3.39. The number of carbonyl (C=O) groups is 5. The van der Waals surface area contributed by atoms with E-state index in [2.05, 4.69) is 28.2 Å². The number of unbranched alkanes of at least 4 members (excludes halogenated alkanes) is 11. The molecule has 1 unspecified atom stereocenters. The summed E-state index contributed by atoms with van der Waals surface area (Å²) in [5.74, 6) is -1.31. The summed E-state index contributed by atoms with van der Waals surface area (Å²) < 4.78 is 10.4. The second-order valence-electron chi connectivity index (χ2n) is 12.9. The molecule has 0 aromatic rings. The number of carbonyl (C=O) groups excluding carboxylic acids is 5. The van der Waals surface area contributed by atoms with Crippen LogP contribution in [0.25, 0.3) is 0 Å². The first-order valence-corrected chi connectivity index (χ1v) is 18.1. The van der Waals surface area contributed by atoms with E-state index in [9.17, 15) is 24.0 Å². The molecule has 1 aliphatic carbocycles. The molecule has 2 atom stereocenters. The Balaban J connectivity index is 1.74. The van der Waals surface area contributed by atoms with E-state index in [1.165, 1.54) is 39.9 Å². The summed E-state index contributed by atoms with van der Waals surface area (Å²) in [6.45, 7) is 6.90. The molecule has 2 aliphatic rings. The van der Waals surface area contributed by atoms with Crippen LogP contribution in [0.2, 0.25) is 0 Å². The number of urea groups is 1. The van der Waals surface area contributed by atoms with Gasteiger partial charge in [-0.15, -0.1) is 0 Å². The van der Waals surface area contributed by atoms with Crippen molar-refractivity contribution in [3.63, 3.8) is 0 Å². The summed E-state index contributed by atoms with van der Waals surface area (Å²) in [5.41, 5.74) is 0.881. The van der Waals surface area contributed by atoms with Crippen molar-refractivity contribution >= 4 is 29.4 Å². The van der Waals surface area contributed by atoms with Gasteiger partial charge >= 0.3 is 6.03 Å². The van der Waals surface area contributed by atoms with Gasteiger partial charge in [0.2, 0.25) is 34.9 Å². The third-order valence-corrected chi connectivity index (χ3v) is 9.09. The fraction of sp³-hybridized carbons (Fsp3) is 0.703. The SMILES string of the molecule is CCCCCCCCCC(=CC1=C(C)C(=O)C(OC)=C(OC)C1=O)C(=O)NCCCCCCNC(=O)CCCCCC1NC(=O)N[C@H]1C. The Kier molecular flexibility index (Phi) is 19.3. The van der Waals surface area contributed by atoms with Crippen molar-refractivity contribution in [1.29, 1.82) is 0 Å². The van der Waals surface area contributed by atoms with Crippen molar-refractivity contribution in [1.82, 2.24) is 21.3 Å². The quantitative estimate of drug-likeness (QED) is 0.0540. The van der Waals surface area contributed by atoms with E-state index < -0.39 is 11.6 Å². The van der Waals surface area contributed by atoms with Crippen molar-refractivity contribution in [2.24, 2.45) is 0 Å². The normalized spacial score (nSPS) is 18.2. The van der Waals surface area contributed by atoms with Crippen molar-refractivity contribution in [3.8, 4) is 0 Å². The summed E-state index contributed by atoms with van der Waals surface area (Å²) in [7, 11) is 2.65. The number of rotatable bonds is 25. The number of nitrogens with one attached hydrogen (secondary N) is 4. The lowest BCUT2D eigenvalue weighted by Gasteiger charge is -2.19. The lowest BCUT2D eigenvalue weighted by Crippen LogP contribution is -2.30. The maximum absolute atomic E-state index is 13.3. The minimum absolute atomic E-state index is 0.0711. The second kappa shape index (κ2) is 22.9. The number of allylic oxidation sites excluding steroid dienone is 3. The molecule has 0 aromatic carbocycles. The summed E-state index contributed by atoms with van der Waals surface area (Å²) >= 11 is 0. The number of methoxy groups -OCH3 is 2. The molecular formula is C37H60N4O7. The predicted octanol–water partition coefficient (Wildman–Crippen LogP) is 5.84. The Morgan fingerprint density at radius 1 is 0.729 bits per heavy atom. The highest BCUT2D eigenvalue weighted by Crippen LogP contribution is 2.28. The topological polar surface area (TPSA) is 152 Å². The Labute approximate surface area is 287 Å². The number of ether oxygens (including phenoxy) is 2. The third-order valence-electron chi connectivity index (χ3n) is 9.09. The molecule has 0 radical (unpaired) electrons. The summed E-state index contributed by atoms with van der Waals surface area (Å²) in [5, 5.41) is 11.8. The maximum atomic E-state index is 13.3. The molecule has 1 aliphatic heterocycles. The molecular weight excluding hydrogens is 612 g/mol. The van der Waals surface area contributed by atoms with Gasteiger partial charge in [-0.3, -0.25) is 19.2 Å². The lowest BCUT2D eigenvalue weighted by molar-refractivity contribution is -0.121.